The van der Waals surface area contributed by atoms with Crippen LogP contribution in [0.15, 0.2) is 12.1 Å². The minimum Gasteiger partial charge on any atom is -0.490 e. The van der Waals surface area contributed by atoms with Crippen LogP contribution >= 0.6 is 0 Å². The number of hydrogen-bond acceptors (Lipinski definition) is 3. The van der Waals surface area contributed by atoms with E-state index < -0.39 is 5.82 Å². The van der Waals surface area contributed by atoms with Gasteiger partial charge in [0.2, 0.25) is 0 Å². The Bertz CT molecular complexity index is 388. The third-order valence-corrected chi connectivity index (χ3v) is 2.19. The van der Waals surface area contributed by atoms with Gasteiger partial charge in [0.25, 0.3) is 0 Å². The average molecular weight is 226 g/mol. The molecule has 0 aliphatic heterocycles. The molecule has 0 N–H and O–H groups in total. The van der Waals surface area contributed by atoms with Crippen molar-refractivity contribution in [2.24, 2.45) is 0 Å². The van der Waals surface area contributed by atoms with Crippen molar-refractivity contribution in [1.82, 2.24) is 0 Å². The molecule has 16 heavy (non-hydrogen) atoms. The molecule has 1 aromatic rings. The second kappa shape index (κ2) is 5.61. The van der Waals surface area contributed by atoms with E-state index in [1.165, 1.54) is 19.1 Å². The topological polar surface area (TPSA) is 35.5 Å². The van der Waals surface area contributed by atoms with E-state index in [1.807, 2.05) is 0 Å². The average Bonchev–Trinajstić information content (AvgIpc) is 2.23. The van der Waals surface area contributed by atoms with E-state index in [0.717, 1.165) is 0 Å². The first-order valence-electron chi connectivity index (χ1n) is 4.99. The second-order valence-electron chi connectivity index (χ2n) is 3.49. The van der Waals surface area contributed by atoms with Crippen molar-refractivity contribution in [3.63, 3.8) is 0 Å². The first-order valence-corrected chi connectivity index (χ1v) is 4.99. The summed E-state index contributed by atoms with van der Waals surface area (Å²) in [5.74, 6) is -0.209. The Morgan fingerprint density at radius 2 is 2.06 bits per heavy atom. The summed E-state index contributed by atoms with van der Waals surface area (Å²) in [6.07, 6.45) is 0. The molecule has 0 aromatic heterocycles. The minimum absolute atomic E-state index is 0.216. The second-order valence-corrected chi connectivity index (χ2v) is 3.49. The van der Waals surface area contributed by atoms with Gasteiger partial charge in [0.1, 0.15) is 18.2 Å². The largest absolute Gasteiger partial charge is 0.490 e. The highest BCUT2D eigenvalue weighted by atomic mass is 19.1. The normalized spacial score (nSPS) is 10.2. The highest BCUT2D eigenvalue weighted by Gasteiger charge is 2.12. The van der Waals surface area contributed by atoms with Crippen LogP contribution in [0, 0.1) is 12.7 Å². The van der Waals surface area contributed by atoms with Crippen molar-refractivity contribution in [3.05, 3.63) is 29.1 Å². The molecule has 0 heterocycles. The first-order chi connectivity index (χ1) is 7.56. The fourth-order valence-electron chi connectivity index (χ4n) is 1.28. The highest BCUT2D eigenvalue weighted by molar-refractivity contribution is 5.96. The molecule has 0 atom stereocenters. The van der Waals surface area contributed by atoms with Gasteiger partial charge in [-0.25, -0.2) is 4.39 Å². The van der Waals surface area contributed by atoms with Crippen LogP contribution in [0.3, 0.4) is 0 Å². The summed E-state index contributed by atoms with van der Waals surface area (Å²) in [6.45, 7) is 3.77. The van der Waals surface area contributed by atoms with Crippen LogP contribution in [-0.4, -0.2) is 26.1 Å². The molecule has 0 aliphatic carbocycles. The van der Waals surface area contributed by atoms with Crippen LogP contribution in [-0.2, 0) is 4.74 Å². The maximum atomic E-state index is 13.3. The molecule has 0 amide bonds. The third-order valence-electron chi connectivity index (χ3n) is 2.19. The summed E-state index contributed by atoms with van der Waals surface area (Å²) in [6, 6.07) is 2.74. The van der Waals surface area contributed by atoms with Crippen molar-refractivity contribution >= 4 is 5.78 Å². The lowest BCUT2D eigenvalue weighted by atomic mass is 10.1. The van der Waals surface area contributed by atoms with Gasteiger partial charge in [-0.2, -0.15) is 0 Å². The number of rotatable bonds is 5. The fourth-order valence-corrected chi connectivity index (χ4v) is 1.28. The molecule has 0 saturated carbocycles. The van der Waals surface area contributed by atoms with Gasteiger partial charge in [0.15, 0.2) is 5.78 Å². The lowest BCUT2D eigenvalue weighted by molar-refractivity contribution is 0.100. The van der Waals surface area contributed by atoms with E-state index in [2.05, 4.69) is 0 Å². The molecule has 0 spiro atoms. The van der Waals surface area contributed by atoms with Crippen molar-refractivity contribution in [2.75, 3.05) is 20.3 Å². The number of aryl methyl sites for hydroxylation is 1. The number of ketones is 1. The summed E-state index contributed by atoms with van der Waals surface area (Å²) in [5.41, 5.74) is 0.719. The minimum atomic E-state index is -0.399. The lowest BCUT2D eigenvalue weighted by Gasteiger charge is -2.10. The summed E-state index contributed by atoms with van der Waals surface area (Å²) >= 11 is 0. The molecule has 3 nitrogen and oxygen atoms in total. The monoisotopic (exact) mass is 226 g/mol. The molecule has 0 aliphatic rings. The SMILES string of the molecule is COCCOc1cc(C)c(F)cc1C(C)=O. The van der Waals surface area contributed by atoms with E-state index in [0.29, 0.717) is 24.5 Å². The first kappa shape index (κ1) is 12.6. The Kier molecular flexibility index (Phi) is 4.43. The molecular weight excluding hydrogens is 211 g/mol. The standard InChI is InChI=1S/C12H15FO3/c1-8-6-12(16-5-4-15-3)10(9(2)14)7-11(8)13/h6-7H,4-5H2,1-3H3. The Morgan fingerprint density at radius 1 is 1.38 bits per heavy atom. The zero-order valence-electron chi connectivity index (χ0n) is 9.67. The number of hydrogen-bond donors (Lipinski definition) is 0. The van der Waals surface area contributed by atoms with Gasteiger partial charge in [0, 0.05) is 7.11 Å². The summed E-state index contributed by atoms with van der Waals surface area (Å²) < 4.78 is 23.5. The molecular formula is C12H15FO3. The third kappa shape index (κ3) is 3.03. The zero-order chi connectivity index (χ0) is 12.1. The van der Waals surface area contributed by atoms with Crippen LogP contribution in [0.25, 0.3) is 0 Å². The molecule has 0 radical (unpaired) electrons. The maximum absolute atomic E-state index is 13.3. The van der Waals surface area contributed by atoms with Crippen LogP contribution < -0.4 is 4.74 Å². The van der Waals surface area contributed by atoms with Gasteiger partial charge in [-0.15, -0.1) is 0 Å². The molecule has 4 heteroatoms. The number of carbonyl (C=O) groups is 1. The van der Waals surface area contributed by atoms with Gasteiger partial charge in [0.05, 0.1) is 12.2 Å². The van der Waals surface area contributed by atoms with Crippen molar-refractivity contribution in [2.45, 2.75) is 13.8 Å². The van der Waals surface area contributed by atoms with E-state index in [4.69, 9.17) is 9.47 Å². The molecule has 0 fully saturated rings. The van der Waals surface area contributed by atoms with Crippen molar-refractivity contribution in [1.29, 1.82) is 0 Å². The van der Waals surface area contributed by atoms with Gasteiger partial charge in [-0.05, 0) is 31.5 Å². The smallest absolute Gasteiger partial charge is 0.163 e. The fraction of sp³-hybridized carbons (Fsp3) is 0.417. The van der Waals surface area contributed by atoms with E-state index in [1.54, 1.807) is 14.0 Å². The van der Waals surface area contributed by atoms with Crippen LogP contribution in [0.1, 0.15) is 22.8 Å². The Balaban J connectivity index is 2.95. The predicted octanol–water partition coefficient (Wildman–Crippen LogP) is 2.36. The lowest BCUT2D eigenvalue weighted by Crippen LogP contribution is -2.08. The number of methoxy groups -OCH3 is 1. The zero-order valence-corrected chi connectivity index (χ0v) is 9.67. The maximum Gasteiger partial charge on any atom is 0.163 e. The molecule has 0 unspecified atom stereocenters. The Labute approximate surface area is 94.2 Å². The molecule has 0 bridgehead atoms. The van der Waals surface area contributed by atoms with E-state index in [9.17, 15) is 9.18 Å². The number of ether oxygens (including phenoxy) is 2. The van der Waals surface area contributed by atoms with E-state index in [-0.39, 0.29) is 11.3 Å². The Morgan fingerprint density at radius 3 is 2.62 bits per heavy atom. The van der Waals surface area contributed by atoms with Crippen LogP contribution in [0.2, 0.25) is 0 Å². The summed E-state index contributed by atoms with van der Waals surface area (Å²) in [4.78, 5) is 11.3. The highest BCUT2D eigenvalue weighted by Crippen LogP contribution is 2.23. The molecule has 88 valence electrons. The number of halogens is 1. The van der Waals surface area contributed by atoms with Crippen LogP contribution in [0.4, 0.5) is 4.39 Å². The summed E-state index contributed by atoms with van der Waals surface area (Å²) in [7, 11) is 1.56. The van der Waals surface area contributed by atoms with E-state index >= 15 is 0 Å². The number of carbonyl (C=O) groups excluding carboxylic acids is 1. The Hall–Kier alpha value is -1.42. The van der Waals surface area contributed by atoms with Gasteiger partial charge >= 0.3 is 0 Å². The molecule has 1 rings (SSSR count). The van der Waals surface area contributed by atoms with Gasteiger partial charge in [-0.1, -0.05) is 0 Å². The van der Waals surface area contributed by atoms with Gasteiger partial charge < -0.3 is 9.47 Å². The van der Waals surface area contributed by atoms with Crippen LogP contribution in [0.5, 0.6) is 5.75 Å². The number of benzene rings is 1. The van der Waals surface area contributed by atoms with Gasteiger partial charge in [-0.3, -0.25) is 4.79 Å². The van der Waals surface area contributed by atoms with Crippen molar-refractivity contribution < 1.29 is 18.7 Å². The quantitative estimate of drug-likeness (QED) is 0.571. The van der Waals surface area contributed by atoms with Crippen molar-refractivity contribution in [3.8, 4) is 5.75 Å². The molecule has 1 aromatic carbocycles. The summed E-state index contributed by atoms with van der Waals surface area (Å²) in [5, 5.41) is 0. The predicted molar refractivity (Wildman–Crippen MR) is 58.5 cm³/mol. The number of Topliss-reactive ketones (excluding diaryl/α,β-unsaturated/α-hetero) is 1. The molecule has 0 saturated heterocycles.